The number of halogens is 4. The van der Waals surface area contributed by atoms with Crippen LogP contribution in [-0.2, 0) is 11.0 Å². The Morgan fingerprint density at radius 2 is 1.83 bits per heavy atom. The number of benzene rings is 1. The zero-order valence-corrected chi connectivity index (χ0v) is 16.6. The molecule has 8 heteroatoms. The molecule has 4 nitrogen and oxygen atoms in total. The van der Waals surface area contributed by atoms with Gasteiger partial charge in [0.15, 0.2) is 0 Å². The highest BCUT2D eigenvalue weighted by Crippen LogP contribution is 2.34. The summed E-state index contributed by atoms with van der Waals surface area (Å²) in [5.41, 5.74) is -0.266. The monoisotopic (exact) mass is 426 g/mol. The van der Waals surface area contributed by atoms with Gasteiger partial charge in [0.1, 0.15) is 11.4 Å². The number of rotatable bonds is 5. The van der Waals surface area contributed by atoms with Crippen molar-refractivity contribution in [3.8, 4) is 5.75 Å². The standard InChI is InChI=1S/C21H22ClF3N2O2/c1-13(20(28)27-16-6-4-15(22)5-7-16)14-2-8-17(9-3-14)29-18-10-11-26-19(12-18)21(23,24)25/h4-7,10-14,17H,2-3,8-9H2,1H3,(H,27,28)/t13-,14?,17?/m0/s1. The van der Waals surface area contributed by atoms with Crippen molar-refractivity contribution in [3.05, 3.63) is 53.3 Å². The van der Waals surface area contributed by atoms with Gasteiger partial charge in [-0.15, -0.1) is 0 Å². The summed E-state index contributed by atoms with van der Waals surface area (Å²) >= 11 is 5.85. The summed E-state index contributed by atoms with van der Waals surface area (Å²) in [6.07, 6.45) is -0.633. The van der Waals surface area contributed by atoms with Crippen LogP contribution in [0, 0.1) is 11.8 Å². The van der Waals surface area contributed by atoms with Crippen molar-refractivity contribution in [2.75, 3.05) is 5.32 Å². The lowest BCUT2D eigenvalue weighted by Gasteiger charge is -2.32. The molecular weight excluding hydrogens is 405 g/mol. The van der Waals surface area contributed by atoms with Gasteiger partial charge < -0.3 is 10.1 Å². The number of nitrogens with zero attached hydrogens (tertiary/aromatic N) is 1. The third kappa shape index (κ3) is 5.85. The number of carbonyl (C=O) groups excluding carboxylic acids is 1. The Bertz CT molecular complexity index is 835. The van der Waals surface area contributed by atoms with E-state index in [9.17, 15) is 18.0 Å². The van der Waals surface area contributed by atoms with E-state index in [0.29, 0.717) is 23.6 Å². The van der Waals surface area contributed by atoms with Gasteiger partial charge in [-0.1, -0.05) is 18.5 Å². The number of nitrogens with one attached hydrogen (secondary N) is 1. The number of hydrogen-bond acceptors (Lipinski definition) is 3. The van der Waals surface area contributed by atoms with Gasteiger partial charge in [-0.3, -0.25) is 9.78 Å². The van der Waals surface area contributed by atoms with Crippen molar-refractivity contribution in [2.24, 2.45) is 11.8 Å². The number of ether oxygens (including phenoxy) is 1. The molecule has 3 rings (SSSR count). The lowest BCUT2D eigenvalue weighted by atomic mass is 9.79. The lowest BCUT2D eigenvalue weighted by molar-refractivity contribution is -0.141. The molecule has 1 N–H and O–H groups in total. The molecule has 1 aliphatic carbocycles. The highest BCUT2D eigenvalue weighted by molar-refractivity contribution is 6.30. The van der Waals surface area contributed by atoms with Crippen LogP contribution in [0.5, 0.6) is 5.75 Å². The zero-order valence-electron chi connectivity index (χ0n) is 15.9. The third-order valence-corrected chi connectivity index (χ3v) is 5.53. The Morgan fingerprint density at radius 1 is 1.17 bits per heavy atom. The second-order valence-corrected chi connectivity index (χ2v) is 7.75. The van der Waals surface area contributed by atoms with Crippen molar-refractivity contribution in [2.45, 2.75) is 44.9 Å². The van der Waals surface area contributed by atoms with E-state index in [-0.39, 0.29) is 29.6 Å². The molecule has 1 aromatic carbocycles. The van der Waals surface area contributed by atoms with Crippen LogP contribution in [0.3, 0.4) is 0 Å². The van der Waals surface area contributed by atoms with E-state index in [1.165, 1.54) is 6.07 Å². The van der Waals surface area contributed by atoms with Crippen LogP contribution < -0.4 is 10.1 Å². The van der Waals surface area contributed by atoms with E-state index < -0.39 is 11.9 Å². The largest absolute Gasteiger partial charge is 0.490 e. The summed E-state index contributed by atoms with van der Waals surface area (Å²) < 4.78 is 44.1. The minimum absolute atomic E-state index is 0.0550. The molecule has 29 heavy (non-hydrogen) atoms. The summed E-state index contributed by atoms with van der Waals surface area (Å²) in [4.78, 5) is 15.9. The minimum Gasteiger partial charge on any atom is -0.490 e. The Hall–Kier alpha value is -2.28. The number of anilines is 1. The fourth-order valence-corrected chi connectivity index (χ4v) is 3.67. The maximum absolute atomic E-state index is 12.8. The van der Waals surface area contributed by atoms with Gasteiger partial charge in [-0.2, -0.15) is 13.2 Å². The number of alkyl halides is 3. The summed E-state index contributed by atoms with van der Waals surface area (Å²) in [6, 6.07) is 9.29. The van der Waals surface area contributed by atoms with Crippen molar-refractivity contribution in [1.29, 1.82) is 0 Å². The van der Waals surface area contributed by atoms with Crippen LogP contribution in [0.15, 0.2) is 42.6 Å². The maximum atomic E-state index is 12.8. The fraction of sp³-hybridized carbons (Fsp3) is 0.429. The number of carbonyl (C=O) groups is 1. The van der Waals surface area contributed by atoms with E-state index in [0.717, 1.165) is 25.1 Å². The molecule has 0 bridgehead atoms. The smallest absolute Gasteiger partial charge is 0.433 e. The molecular formula is C21H22ClF3N2O2. The van der Waals surface area contributed by atoms with Crippen molar-refractivity contribution >= 4 is 23.2 Å². The molecule has 1 saturated carbocycles. The fourth-order valence-electron chi connectivity index (χ4n) is 3.54. The molecule has 1 fully saturated rings. The van der Waals surface area contributed by atoms with Crippen molar-refractivity contribution in [1.82, 2.24) is 4.98 Å². The van der Waals surface area contributed by atoms with Gasteiger partial charge in [-0.25, -0.2) is 0 Å². The van der Waals surface area contributed by atoms with E-state index in [4.69, 9.17) is 16.3 Å². The molecule has 1 atom stereocenters. The van der Waals surface area contributed by atoms with E-state index in [1.807, 2.05) is 6.92 Å². The Morgan fingerprint density at radius 3 is 2.45 bits per heavy atom. The van der Waals surface area contributed by atoms with Crippen LogP contribution in [0.2, 0.25) is 5.02 Å². The number of amides is 1. The average Bonchev–Trinajstić information content (AvgIpc) is 2.69. The van der Waals surface area contributed by atoms with Crippen LogP contribution in [0.1, 0.15) is 38.3 Å². The van der Waals surface area contributed by atoms with Crippen molar-refractivity contribution in [3.63, 3.8) is 0 Å². The number of aromatic nitrogens is 1. The molecule has 0 unspecified atom stereocenters. The van der Waals surface area contributed by atoms with E-state index >= 15 is 0 Å². The van der Waals surface area contributed by atoms with Gasteiger partial charge in [0.05, 0.1) is 6.10 Å². The average molecular weight is 427 g/mol. The van der Waals surface area contributed by atoms with Gasteiger partial charge in [-0.05, 0) is 61.9 Å². The molecule has 156 valence electrons. The zero-order chi connectivity index (χ0) is 21.0. The molecule has 1 heterocycles. The van der Waals surface area contributed by atoms with Crippen LogP contribution in [-0.4, -0.2) is 17.0 Å². The van der Waals surface area contributed by atoms with E-state index in [2.05, 4.69) is 10.3 Å². The van der Waals surface area contributed by atoms with Gasteiger partial charge >= 0.3 is 6.18 Å². The Kier molecular flexibility index (Phi) is 6.67. The van der Waals surface area contributed by atoms with Gasteiger partial charge in [0.2, 0.25) is 5.91 Å². The Balaban J connectivity index is 1.51. The van der Waals surface area contributed by atoms with Crippen LogP contribution >= 0.6 is 11.6 Å². The first-order chi connectivity index (χ1) is 13.7. The molecule has 1 aliphatic rings. The number of pyridine rings is 1. The predicted molar refractivity (Wildman–Crippen MR) is 105 cm³/mol. The molecule has 0 spiro atoms. The summed E-state index contributed by atoms with van der Waals surface area (Å²) in [5, 5.41) is 3.50. The van der Waals surface area contributed by atoms with Crippen molar-refractivity contribution < 1.29 is 22.7 Å². The Labute approximate surface area is 172 Å². The molecule has 0 aliphatic heterocycles. The highest BCUT2D eigenvalue weighted by atomic mass is 35.5. The third-order valence-electron chi connectivity index (χ3n) is 5.28. The second-order valence-electron chi connectivity index (χ2n) is 7.31. The van der Waals surface area contributed by atoms with Gasteiger partial charge in [0.25, 0.3) is 0 Å². The quantitative estimate of drug-likeness (QED) is 0.641. The topological polar surface area (TPSA) is 51.2 Å². The molecule has 1 amide bonds. The van der Waals surface area contributed by atoms with E-state index in [1.54, 1.807) is 24.3 Å². The molecule has 0 saturated heterocycles. The lowest BCUT2D eigenvalue weighted by Crippen LogP contribution is -2.32. The maximum Gasteiger partial charge on any atom is 0.433 e. The van der Waals surface area contributed by atoms with Crippen LogP contribution in [0.25, 0.3) is 0 Å². The normalized spacial score (nSPS) is 20.7. The first-order valence-corrected chi connectivity index (χ1v) is 9.86. The highest BCUT2D eigenvalue weighted by Gasteiger charge is 2.33. The summed E-state index contributed by atoms with van der Waals surface area (Å²) in [7, 11) is 0. The number of hydrogen-bond donors (Lipinski definition) is 1. The second kappa shape index (κ2) is 9.03. The minimum atomic E-state index is -4.50. The first-order valence-electron chi connectivity index (χ1n) is 9.48. The molecule has 1 aromatic heterocycles. The molecule has 0 radical (unpaired) electrons. The van der Waals surface area contributed by atoms with Gasteiger partial charge in [0, 0.05) is 28.9 Å². The summed E-state index contributed by atoms with van der Waals surface area (Å²) in [5.74, 6) is 0.139. The SMILES string of the molecule is C[C@H](C(=O)Nc1ccc(Cl)cc1)C1CCC(Oc2ccnc(C(F)(F)F)c2)CC1. The van der Waals surface area contributed by atoms with Crippen LogP contribution in [0.4, 0.5) is 18.9 Å². The predicted octanol–water partition coefficient (Wildman–Crippen LogP) is 5.97. The first kappa shape index (κ1) is 21.4. The summed E-state index contributed by atoms with van der Waals surface area (Å²) in [6.45, 7) is 1.90. The molecule has 2 aromatic rings.